The summed E-state index contributed by atoms with van der Waals surface area (Å²) in [6, 6.07) is 7.78. The lowest BCUT2D eigenvalue weighted by atomic mass is 10.0. The zero-order valence-corrected chi connectivity index (χ0v) is 10.6. The van der Waals surface area contributed by atoms with Crippen LogP contribution in [0.1, 0.15) is 0 Å². The van der Waals surface area contributed by atoms with Crippen LogP contribution in [-0.4, -0.2) is 20.4 Å². The zero-order chi connectivity index (χ0) is 15.1. The molecule has 3 rings (SSSR count). The summed E-state index contributed by atoms with van der Waals surface area (Å²) in [5.41, 5.74) is -0.833. The van der Waals surface area contributed by atoms with Gasteiger partial charge >= 0.3 is 5.63 Å². The Morgan fingerprint density at radius 1 is 0.857 bits per heavy atom. The first-order valence-corrected chi connectivity index (χ1v) is 5.98. The second-order valence-electron chi connectivity index (χ2n) is 4.50. The Morgan fingerprint density at radius 3 is 2.19 bits per heavy atom. The fraction of sp³-hybridized carbons (Fsp3) is 0. The Hall–Kier alpha value is -3.15. The first-order valence-electron chi connectivity index (χ1n) is 5.98. The zero-order valence-electron chi connectivity index (χ0n) is 10.6. The monoisotopic (exact) mass is 286 g/mol. The van der Waals surface area contributed by atoms with Crippen LogP contribution in [0.2, 0.25) is 0 Å². The van der Waals surface area contributed by atoms with Gasteiger partial charge in [0.1, 0.15) is 22.8 Å². The molecule has 6 heteroatoms. The van der Waals surface area contributed by atoms with Crippen molar-refractivity contribution >= 4 is 11.0 Å². The van der Waals surface area contributed by atoms with Crippen molar-refractivity contribution < 1.29 is 24.8 Å². The summed E-state index contributed by atoms with van der Waals surface area (Å²) in [4.78, 5) is 12.0. The van der Waals surface area contributed by atoms with Gasteiger partial charge in [-0.05, 0) is 23.8 Å². The van der Waals surface area contributed by atoms with Gasteiger partial charge in [-0.15, -0.1) is 0 Å². The summed E-state index contributed by atoms with van der Waals surface area (Å²) < 4.78 is 5.00. The van der Waals surface area contributed by atoms with E-state index in [-0.39, 0.29) is 28.0 Å². The summed E-state index contributed by atoms with van der Waals surface area (Å²) in [6.07, 6.45) is 0. The van der Waals surface area contributed by atoms with Crippen LogP contribution < -0.4 is 5.63 Å². The summed E-state index contributed by atoms with van der Waals surface area (Å²) in [6.45, 7) is 0. The highest BCUT2D eigenvalue weighted by atomic mass is 16.4. The molecule has 0 saturated carbocycles. The molecule has 0 atom stereocenters. The van der Waals surface area contributed by atoms with Crippen LogP contribution >= 0.6 is 0 Å². The number of hydrogen-bond donors (Lipinski definition) is 4. The third kappa shape index (κ3) is 2.02. The lowest BCUT2D eigenvalue weighted by Crippen LogP contribution is -2.03. The normalized spacial score (nSPS) is 10.9. The Morgan fingerprint density at radius 2 is 1.52 bits per heavy atom. The second kappa shape index (κ2) is 4.45. The topological polar surface area (TPSA) is 111 Å². The lowest BCUT2D eigenvalue weighted by molar-refractivity contribution is 0.434. The highest BCUT2D eigenvalue weighted by Crippen LogP contribution is 2.38. The number of fused-ring (bicyclic) bond motifs is 1. The fourth-order valence-corrected chi connectivity index (χ4v) is 2.14. The van der Waals surface area contributed by atoms with Crippen molar-refractivity contribution in [2.24, 2.45) is 0 Å². The van der Waals surface area contributed by atoms with E-state index in [0.29, 0.717) is 5.56 Å². The van der Waals surface area contributed by atoms with Crippen molar-refractivity contribution in [2.75, 3.05) is 0 Å². The molecule has 0 saturated heterocycles. The van der Waals surface area contributed by atoms with Gasteiger partial charge in [0.05, 0.1) is 5.39 Å². The van der Waals surface area contributed by atoms with E-state index in [9.17, 15) is 25.2 Å². The number of hydrogen-bond acceptors (Lipinski definition) is 6. The molecular formula is C15H10O6. The molecule has 0 amide bonds. The molecule has 0 bridgehead atoms. The van der Waals surface area contributed by atoms with Gasteiger partial charge in [-0.2, -0.15) is 0 Å². The van der Waals surface area contributed by atoms with E-state index in [2.05, 4.69) is 0 Å². The minimum Gasteiger partial charge on any atom is -0.508 e. The second-order valence-corrected chi connectivity index (χ2v) is 4.50. The van der Waals surface area contributed by atoms with Crippen LogP contribution in [0.3, 0.4) is 0 Å². The first-order chi connectivity index (χ1) is 9.97. The Balaban J connectivity index is 2.39. The van der Waals surface area contributed by atoms with Crippen molar-refractivity contribution in [3.63, 3.8) is 0 Å². The molecule has 0 spiro atoms. The molecule has 3 aromatic rings. The smallest absolute Gasteiger partial charge is 0.348 e. The molecule has 0 aliphatic carbocycles. The Bertz CT molecular complexity index is 893. The van der Waals surface area contributed by atoms with Gasteiger partial charge in [0, 0.05) is 6.07 Å². The summed E-state index contributed by atoms with van der Waals surface area (Å²) in [5.74, 6) is -1.13. The molecule has 0 fully saturated rings. The predicted octanol–water partition coefficient (Wildman–Crippen LogP) is 2.28. The van der Waals surface area contributed by atoms with Crippen LogP contribution in [-0.2, 0) is 0 Å². The van der Waals surface area contributed by atoms with E-state index in [1.807, 2.05) is 0 Å². The average Bonchev–Trinajstić information content (AvgIpc) is 2.42. The molecule has 0 aliphatic heterocycles. The van der Waals surface area contributed by atoms with E-state index < -0.39 is 17.1 Å². The molecule has 21 heavy (non-hydrogen) atoms. The van der Waals surface area contributed by atoms with Crippen LogP contribution in [0.15, 0.2) is 45.6 Å². The first kappa shape index (κ1) is 12.9. The maximum absolute atomic E-state index is 12.0. The van der Waals surface area contributed by atoms with E-state index in [1.165, 1.54) is 30.3 Å². The predicted molar refractivity (Wildman–Crippen MR) is 74.6 cm³/mol. The van der Waals surface area contributed by atoms with Crippen molar-refractivity contribution in [1.29, 1.82) is 0 Å². The largest absolute Gasteiger partial charge is 0.508 e. The standard InChI is InChI=1S/C15H10O6/c16-8-3-1-7(2-4-8)12-13(19)10-5-9(17)6-11(18)14(10)21-15(12)20/h1-6,16-19H. The third-order valence-corrected chi connectivity index (χ3v) is 3.10. The van der Waals surface area contributed by atoms with E-state index >= 15 is 0 Å². The molecule has 106 valence electrons. The maximum Gasteiger partial charge on any atom is 0.348 e. The highest BCUT2D eigenvalue weighted by Gasteiger charge is 2.18. The van der Waals surface area contributed by atoms with Gasteiger partial charge in [0.2, 0.25) is 0 Å². The SMILES string of the molecule is O=c1oc2c(O)cc(O)cc2c(O)c1-c1ccc(O)cc1. The average molecular weight is 286 g/mol. The van der Waals surface area contributed by atoms with Gasteiger partial charge in [0.25, 0.3) is 0 Å². The Labute approximate surface area is 117 Å². The molecule has 2 aromatic carbocycles. The van der Waals surface area contributed by atoms with Gasteiger partial charge < -0.3 is 24.8 Å². The number of aromatic hydroxyl groups is 4. The third-order valence-electron chi connectivity index (χ3n) is 3.10. The van der Waals surface area contributed by atoms with Gasteiger partial charge in [-0.3, -0.25) is 0 Å². The highest BCUT2D eigenvalue weighted by molar-refractivity contribution is 5.94. The lowest BCUT2D eigenvalue weighted by Gasteiger charge is -2.08. The van der Waals surface area contributed by atoms with E-state index in [0.717, 1.165) is 6.07 Å². The van der Waals surface area contributed by atoms with Crippen molar-refractivity contribution in [1.82, 2.24) is 0 Å². The van der Waals surface area contributed by atoms with Crippen LogP contribution in [0, 0.1) is 0 Å². The number of benzene rings is 2. The van der Waals surface area contributed by atoms with Crippen LogP contribution in [0.5, 0.6) is 23.0 Å². The number of rotatable bonds is 1. The summed E-state index contributed by atoms with van der Waals surface area (Å²) >= 11 is 0. The minimum atomic E-state index is -0.841. The van der Waals surface area contributed by atoms with Crippen LogP contribution in [0.25, 0.3) is 22.1 Å². The summed E-state index contributed by atoms with van der Waals surface area (Å²) in [7, 11) is 0. The molecule has 1 aromatic heterocycles. The van der Waals surface area contributed by atoms with Gasteiger partial charge in [0.15, 0.2) is 11.3 Å². The molecule has 4 N–H and O–H groups in total. The van der Waals surface area contributed by atoms with Gasteiger partial charge in [-0.25, -0.2) is 4.79 Å². The van der Waals surface area contributed by atoms with E-state index in [4.69, 9.17) is 4.42 Å². The summed E-state index contributed by atoms with van der Waals surface area (Å²) in [5, 5.41) is 38.7. The van der Waals surface area contributed by atoms with Crippen molar-refractivity contribution in [2.45, 2.75) is 0 Å². The fourth-order valence-electron chi connectivity index (χ4n) is 2.14. The van der Waals surface area contributed by atoms with Crippen LogP contribution in [0.4, 0.5) is 0 Å². The number of phenolic OH excluding ortho intramolecular Hbond substituents is 3. The molecule has 1 heterocycles. The molecule has 0 aliphatic rings. The van der Waals surface area contributed by atoms with Gasteiger partial charge in [-0.1, -0.05) is 12.1 Å². The molecule has 0 radical (unpaired) electrons. The number of phenols is 3. The quantitative estimate of drug-likeness (QED) is 0.511. The molecule has 0 unspecified atom stereocenters. The Kier molecular flexibility index (Phi) is 2.72. The molecular weight excluding hydrogens is 276 g/mol. The molecule has 6 nitrogen and oxygen atoms in total. The van der Waals surface area contributed by atoms with E-state index in [1.54, 1.807) is 0 Å². The maximum atomic E-state index is 12.0. The van der Waals surface area contributed by atoms with Crippen molar-refractivity contribution in [3.8, 4) is 34.1 Å². The van der Waals surface area contributed by atoms with Crippen molar-refractivity contribution in [3.05, 3.63) is 46.8 Å². The minimum absolute atomic E-state index is 0.00942.